The van der Waals surface area contributed by atoms with Gasteiger partial charge in [-0.05, 0) is 37.1 Å². The van der Waals surface area contributed by atoms with E-state index in [1.165, 1.54) is 12.3 Å². The Morgan fingerprint density at radius 2 is 1.71 bits per heavy atom. The van der Waals surface area contributed by atoms with Crippen LogP contribution in [0.15, 0.2) is 24.4 Å². The molecule has 0 fully saturated rings. The van der Waals surface area contributed by atoms with Crippen molar-refractivity contribution in [1.29, 1.82) is 0 Å². The second kappa shape index (κ2) is 4.13. The number of aromatic nitrogens is 1. The number of halogens is 2. The Balaban J connectivity index is 2.64. The van der Waals surface area contributed by atoms with Crippen LogP contribution in [0.3, 0.4) is 0 Å². The Morgan fingerprint density at radius 3 is 2.35 bits per heavy atom. The predicted octanol–water partition coefficient (Wildman–Crippen LogP) is 3.23. The van der Waals surface area contributed by atoms with Crippen LogP contribution in [0.4, 0.5) is 14.5 Å². The number of anilines is 1. The molecule has 0 atom stereocenters. The molecule has 0 amide bonds. The van der Waals surface area contributed by atoms with Gasteiger partial charge in [-0.3, -0.25) is 4.98 Å². The summed E-state index contributed by atoms with van der Waals surface area (Å²) in [5.41, 5.74) is 8.03. The number of nitrogen functional groups attached to an aromatic ring is 1. The summed E-state index contributed by atoms with van der Waals surface area (Å²) in [7, 11) is 0. The Bertz CT molecular complexity index is 580. The van der Waals surface area contributed by atoms with Crippen molar-refractivity contribution in [1.82, 2.24) is 4.98 Å². The Labute approximate surface area is 98.1 Å². The minimum atomic E-state index is -0.617. The quantitative estimate of drug-likeness (QED) is 0.822. The van der Waals surface area contributed by atoms with Gasteiger partial charge in [-0.2, -0.15) is 0 Å². The first-order chi connectivity index (χ1) is 7.99. The molecule has 1 aromatic heterocycles. The highest BCUT2D eigenvalue weighted by Crippen LogP contribution is 2.27. The zero-order chi connectivity index (χ0) is 12.6. The van der Waals surface area contributed by atoms with E-state index in [1.54, 1.807) is 19.9 Å². The third kappa shape index (κ3) is 2.11. The zero-order valence-corrected chi connectivity index (χ0v) is 9.59. The number of benzene rings is 1. The van der Waals surface area contributed by atoms with Crippen LogP contribution in [-0.4, -0.2) is 4.98 Å². The molecule has 88 valence electrons. The number of hydrogen-bond acceptors (Lipinski definition) is 2. The van der Waals surface area contributed by atoms with Crippen LogP contribution >= 0.6 is 0 Å². The molecule has 0 aliphatic heterocycles. The fourth-order valence-corrected chi connectivity index (χ4v) is 1.72. The van der Waals surface area contributed by atoms with Crippen molar-refractivity contribution in [3.05, 3.63) is 47.2 Å². The fourth-order valence-electron chi connectivity index (χ4n) is 1.72. The summed E-state index contributed by atoms with van der Waals surface area (Å²) in [5, 5.41) is 0. The van der Waals surface area contributed by atoms with Crippen molar-refractivity contribution in [2.45, 2.75) is 13.8 Å². The molecule has 2 nitrogen and oxygen atoms in total. The van der Waals surface area contributed by atoms with Gasteiger partial charge in [-0.25, -0.2) is 8.78 Å². The van der Waals surface area contributed by atoms with Crippen LogP contribution in [-0.2, 0) is 0 Å². The molecule has 1 heterocycles. The molecular formula is C13H12F2N2. The number of hydrogen-bond donors (Lipinski definition) is 1. The molecule has 0 aliphatic rings. The third-order valence-electron chi connectivity index (χ3n) is 2.60. The average Bonchev–Trinajstić information content (AvgIpc) is 2.24. The van der Waals surface area contributed by atoms with E-state index in [1.807, 2.05) is 0 Å². The van der Waals surface area contributed by atoms with E-state index in [-0.39, 0.29) is 0 Å². The predicted molar refractivity (Wildman–Crippen MR) is 63.5 cm³/mol. The van der Waals surface area contributed by atoms with E-state index in [2.05, 4.69) is 4.98 Å². The summed E-state index contributed by atoms with van der Waals surface area (Å²) in [6, 6.07) is 4.04. The maximum Gasteiger partial charge on any atom is 0.135 e. The van der Waals surface area contributed by atoms with E-state index < -0.39 is 11.6 Å². The van der Waals surface area contributed by atoms with Crippen molar-refractivity contribution >= 4 is 5.69 Å². The van der Waals surface area contributed by atoms with E-state index in [4.69, 9.17) is 5.73 Å². The number of nitrogens with two attached hydrogens (primary N) is 1. The number of nitrogens with zero attached hydrogens (tertiary/aromatic N) is 1. The smallest absolute Gasteiger partial charge is 0.135 e. The van der Waals surface area contributed by atoms with Crippen LogP contribution in [0.5, 0.6) is 0 Å². The fraction of sp³-hybridized carbons (Fsp3) is 0.154. The van der Waals surface area contributed by atoms with Gasteiger partial charge in [-0.1, -0.05) is 0 Å². The minimum absolute atomic E-state index is 0.293. The molecule has 0 spiro atoms. The standard InChI is InChI=1S/C13H12F2N2/c1-7-4-10(12(15)5-11(7)14)13-8(2)3-9(16)6-17-13/h3-6H,16H2,1-2H3. The summed E-state index contributed by atoms with van der Waals surface area (Å²) in [4.78, 5) is 4.09. The lowest BCUT2D eigenvalue weighted by atomic mass is 10.0. The van der Waals surface area contributed by atoms with Gasteiger partial charge in [0.05, 0.1) is 17.6 Å². The minimum Gasteiger partial charge on any atom is -0.397 e. The first-order valence-corrected chi connectivity index (χ1v) is 5.17. The van der Waals surface area contributed by atoms with E-state index in [0.29, 0.717) is 22.5 Å². The van der Waals surface area contributed by atoms with E-state index in [0.717, 1.165) is 11.6 Å². The largest absolute Gasteiger partial charge is 0.397 e. The molecule has 0 saturated heterocycles. The summed E-state index contributed by atoms with van der Waals surface area (Å²) in [6.45, 7) is 3.38. The second-order valence-electron chi connectivity index (χ2n) is 4.02. The van der Waals surface area contributed by atoms with Crippen LogP contribution in [0.2, 0.25) is 0 Å². The maximum atomic E-state index is 13.7. The van der Waals surface area contributed by atoms with Crippen LogP contribution in [0, 0.1) is 25.5 Å². The second-order valence-corrected chi connectivity index (χ2v) is 4.02. The summed E-state index contributed by atoms with van der Waals surface area (Å²) >= 11 is 0. The molecule has 2 N–H and O–H groups in total. The molecule has 0 unspecified atom stereocenters. The summed E-state index contributed by atoms with van der Waals surface area (Å²) in [5.74, 6) is -1.17. The van der Waals surface area contributed by atoms with Crippen molar-refractivity contribution in [3.8, 4) is 11.3 Å². The summed E-state index contributed by atoms with van der Waals surface area (Å²) in [6.07, 6.45) is 1.46. The van der Waals surface area contributed by atoms with Crippen LogP contribution in [0.25, 0.3) is 11.3 Å². The van der Waals surface area contributed by atoms with Crippen molar-refractivity contribution in [2.24, 2.45) is 0 Å². The van der Waals surface area contributed by atoms with Gasteiger partial charge < -0.3 is 5.73 Å². The monoisotopic (exact) mass is 234 g/mol. The summed E-state index contributed by atoms with van der Waals surface area (Å²) < 4.78 is 26.8. The molecule has 2 aromatic rings. The first-order valence-electron chi connectivity index (χ1n) is 5.17. The van der Waals surface area contributed by atoms with Gasteiger partial charge in [0.25, 0.3) is 0 Å². The van der Waals surface area contributed by atoms with Gasteiger partial charge >= 0.3 is 0 Å². The van der Waals surface area contributed by atoms with Gasteiger partial charge in [0, 0.05) is 11.6 Å². The first kappa shape index (κ1) is 11.5. The molecule has 17 heavy (non-hydrogen) atoms. The Kier molecular flexibility index (Phi) is 2.79. The van der Waals surface area contributed by atoms with Crippen LogP contribution < -0.4 is 5.73 Å². The normalized spacial score (nSPS) is 10.6. The highest BCUT2D eigenvalue weighted by molar-refractivity contribution is 5.66. The lowest BCUT2D eigenvalue weighted by Gasteiger charge is -2.08. The Hall–Kier alpha value is -1.97. The molecule has 0 aliphatic carbocycles. The molecule has 4 heteroatoms. The topological polar surface area (TPSA) is 38.9 Å². The van der Waals surface area contributed by atoms with Crippen molar-refractivity contribution in [2.75, 3.05) is 5.73 Å². The van der Waals surface area contributed by atoms with Gasteiger partial charge in [0.1, 0.15) is 11.6 Å². The maximum absolute atomic E-state index is 13.7. The Morgan fingerprint density at radius 1 is 1.00 bits per heavy atom. The number of aryl methyl sites for hydroxylation is 2. The molecular weight excluding hydrogens is 222 g/mol. The number of pyridine rings is 1. The highest BCUT2D eigenvalue weighted by Gasteiger charge is 2.12. The molecule has 1 aromatic carbocycles. The molecule has 0 radical (unpaired) electrons. The SMILES string of the molecule is Cc1cc(-c2ncc(N)cc2C)c(F)cc1F. The molecule has 0 bridgehead atoms. The highest BCUT2D eigenvalue weighted by atomic mass is 19.1. The van der Waals surface area contributed by atoms with E-state index >= 15 is 0 Å². The lowest BCUT2D eigenvalue weighted by Crippen LogP contribution is -1.96. The zero-order valence-electron chi connectivity index (χ0n) is 9.59. The molecule has 0 saturated carbocycles. The number of rotatable bonds is 1. The van der Waals surface area contributed by atoms with Gasteiger partial charge in [-0.15, -0.1) is 0 Å². The van der Waals surface area contributed by atoms with Crippen molar-refractivity contribution < 1.29 is 8.78 Å². The lowest BCUT2D eigenvalue weighted by molar-refractivity contribution is 0.579. The van der Waals surface area contributed by atoms with E-state index in [9.17, 15) is 8.78 Å². The van der Waals surface area contributed by atoms with Crippen LogP contribution in [0.1, 0.15) is 11.1 Å². The van der Waals surface area contributed by atoms with Gasteiger partial charge in [0.2, 0.25) is 0 Å². The average molecular weight is 234 g/mol. The third-order valence-corrected chi connectivity index (χ3v) is 2.60. The van der Waals surface area contributed by atoms with Crippen molar-refractivity contribution in [3.63, 3.8) is 0 Å². The molecule has 2 rings (SSSR count). The van der Waals surface area contributed by atoms with Gasteiger partial charge in [0.15, 0.2) is 0 Å².